The molecule has 2 heterocycles. The van der Waals surface area contributed by atoms with Crippen molar-refractivity contribution in [2.45, 2.75) is 45.7 Å². The largest absolute Gasteiger partial charge is 0.465 e. The molecule has 10 heteroatoms. The molecule has 0 unspecified atom stereocenters. The molecule has 0 bridgehead atoms. The quantitative estimate of drug-likeness (QED) is 0.262. The zero-order valence-electron chi connectivity index (χ0n) is 17.5. The average Bonchev–Trinajstić information content (AvgIpc) is 3.26. The zero-order chi connectivity index (χ0) is 22.1. The molecule has 3 aromatic rings. The Kier molecular flexibility index (Phi) is 7.74. The van der Waals surface area contributed by atoms with E-state index in [0.29, 0.717) is 36.3 Å². The number of nitrogens with one attached hydrogen (secondary N) is 2. The highest BCUT2D eigenvalue weighted by atomic mass is 16.4. The van der Waals surface area contributed by atoms with Crippen LogP contribution in [0.3, 0.4) is 0 Å². The van der Waals surface area contributed by atoms with Crippen LogP contribution in [0.5, 0.6) is 0 Å². The van der Waals surface area contributed by atoms with Gasteiger partial charge in [0.25, 0.3) is 5.56 Å². The van der Waals surface area contributed by atoms with E-state index in [1.807, 2.05) is 34.9 Å². The lowest BCUT2D eigenvalue weighted by molar-refractivity contribution is 0.144. The van der Waals surface area contributed by atoms with E-state index in [1.165, 1.54) is 11.2 Å². The van der Waals surface area contributed by atoms with Crippen molar-refractivity contribution in [3.63, 3.8) is 0 Å². The minimum atomic E-state index is -0.990. The van der Waals surface area contributed by atoms with Crippen LogP contribution in [0.2, 0.25) is 0 Å². The van der Waals surface area contributed by atoms with E-state index in [9.17, 15) is 14.7 Å². The molecule has 31 heavy (non-hydrogen) atoms. The van der Waals surface area contributed by atoms with Gasteiger partial charge in [-0.1, -0.05) is 50.1 Å². The van der Waals surface area contributed by atoms with Gasteiger partial charge in [-0.3, -0.25) is 14.3 Å². The van der Waals surface area contributed by atoms with Gasteiger partial charge >= 0.3 is 6.09 Å². The highest BCUT2D eigenvalue weighted by Crippen LogP contribution is 2.06. The number of carbonyl (C=O) groups is 1. The summed E-state index contributed by atoms with van der Waals surface area (Å²) in [6, 6.07) is 9.42. The number of benzene rings is 1. The molecule has 0 saturated carbocycles. The Morgan fingerprint density at radius 2 is 2.10 bits per heavy atom. The maximum Gasteiger partial charge on any atom is 0.407 e. The number of rotatable bonds is 10. The molecule has 2 aromatic heterocycles. The molecule has 3 rings (SSSR count). The smallest absolute Gasteiger partial charge is 0.407 e. The van der Waals surface area contributed by atoms with Crippen LogP contribution in [0.15, 0.2) is 51.7 Å². The van der Waals surface area contributed by atoms with Gasteiger partial charge in [0.15, 0.2) is 5.65 Å². The first-order valence-corrected chi connectivity index (χ1v) is 10.3. The normalized spacial score (nSPS) is 12.1. The number of H-pyrrole nitrogens is 2. The fourth-order valence-corrected chi connectivity index (χ4v) is 3.21. The van der Waals surface area contributed by atoms with E-state index in [2.05, 4.69) is 32.1 Å². The number of hydrogen-bond acceptors (Lipinski definition) is 5. The van der Waals surface area contributed by atoms with Crippen LogP contribution in [-0.2, 0) is 13.1 Å². The topological polar surface area (TPSA) is 132 Å². The fourth-order valence-electron chi connectivity index (χ4n) is 3.21. The van der Waals surface area contributed by atoms with Gasteiger partial charge in [0, 0.05) is 32.3 Å². The third kappa shape index (κ3) is 5.91. The third-order valence-electron chi connectivity index (χ3n) is 4.82. The SMILES string of the molecule is CCCCCn1c(=NN=CCCN(Cc2ccccc2)C(=O)O)[nH]c(=O)c2[nH]cnc21. The van der Waals surface area contributed by atoms with Gasteiger partial charge in [-0.05, 0) is 12.0 Å². The van der Waals surface area contributed by atoms with Gasteiger partial charge in [-0.15, -0.1) is 5.10 Å². The summed E-state index contributed by atoms with van der Waals surface area (Å²) >= 11 is 0. The van der Waals surface area contributed by atoms with Crippen LogP contribution >= 0.6 is 0 Å². The monoisotopic (exact) mass is 425 g/mol. The standard InChI is InChI=1S/C21H27N7O3/c1-2-3-7-13-28-18-17(22-15-23-18)19(29)25-20(28)26-24-11-8-12-27(21(30)31)14-16-9-5-4-6-10-16/h4-6,9-11,15H,2-3,7-8,12-14H2,1H3,(H,22,23)(H,30,31)(H,25,26,29). The molecule has 0 fully saturated rings. The van der Waals surface area contributed by atoms with Crippen LogP contribution in [-0.4, -0.2) is 48.4 Å². The summed E-state index contributed by atoms with van der Waals surface area (Å²) in [6.45, 7) is 3.37. The van der Waals surface area contributed by atoms with Crippen molar-refractivity contribution in [2.24, 2.45) is 10.2 Å². The lowest BCUT2D eigenvalue weighted by atomic mass is 10.2. The minimum Gasteiger partial charge on any atom is -0.465 e. The predicted molar refractivity (Wildman–Crippen MR) is 118 cm³/mol. The summed E-state index contributed by atoms with van der Waals surface area (Å²) in [7, 11) is 0. The maximum atomic E-state index is 12.2. The van der Waals surface area contributed by atoms with E-state index >= 15 is 0 Å². The molecule has 0 aliphatic rings. The summed E-state index contributed by atoms with van der Waals surface area (Å²) in [5.74, 6) is 0. The van der Waals surface area contributed by atoms with Gasteiger partial charge < -0.3 is 15.0 Å². The molecule has 164 valence electrons. The van der Waals surface area contributed by atoms with Crippen molar-refractivity contribution >= 4 is 23.5 Å². The van der Waals surface area contributed by atoms with E-state index in [-0.39, 0.29) is 12.1 Å². The molecule has 0 spiro atoms. The average molecular weight is 425 g/mol. The summed E-state index contributed by atoms with van der Waals surface area (Å²) in [5, 5.41) is 17.6. The molecule has 1 aromatic carbocycles. The van der Waals surface area contributed by atoms with Crippen molar-refractivity contribution in [3.8, 4) is 0 Å². The number of aromatic nitrogens is 4. The predicted octanol–water partition coefficient (Wildman–Crippen LogP) is 2.70. The number of aryl methyl sites for hydroxylation is 1. The van der Waals surface area contributed by atoms with Gasteiger partial charge in [-0.25, -0.2) is 9.78 Å². The van der Waals surface area contributed by atoms with E-state index < -0.39 is 6.09 Å². The van der Waals surface area contributed by atoms with Crippen LogP contribution in [0.4, 0.5) is 4.79 Å². The number of fused-ring (bicyclic) bond motifs is 1. The molecule has 0 atom stereocenters. The summed E-state index contributed by atoms with van der Waals surface area (Å²) in [4.78, 5) is 34.9. The van der Waals surface area contributed by atoms with Gasteiger partial charge in [-0.2, -0.15) is 5.10 Å². The second-order valence-corrected chi connectivity index (χ2v) is 7.11. The Morgan fingerprint density at radius 3 is 2.84 bits per heavy atom. The Hall–Kier alpha value is -3.69. The molecule has 1 amide bonds. The third-order valence-corrected chi connectivity index (χ3v) is 4.82. The highest BCUT2D eigenvalue weighted by molar-refractivity contribution is 5.68. The Labute approximate surface area is 179 Å². The number of carboxylic acid groups (broad SMARTS) is 1. The molecule has 0 aliphatic carbocycles. The van der Waals surface area contributed by atoms with Crippen molar-refractivity contribution in [1.29, 1.82) is 0 Å². The van der Waals surface area contributed by atoms with Crippen molar-refractivity contribution < 1.29 is 9.90 Å². The summed E-state index contributed by atoms with van der Waals surface area (Å²) < 4.78 is 1.83. The highest BCUT2D eigenvalue weighted by Gasteiger charge is 2.11. The lowest BCUT2D eigenvalue weighted by Gasteiger charge is -2.18. The first-order chi connectivity index (χ1) is 15.1. The molecule has 3 N–H and O–H groups in total. The van der Waals surface area contributed by atoms with Crippen LogP contribution < -0.4 is 11.2 Å². The summed E-state index contributed by atoms with van der Waals surface area (Å²) in [5.41, 5.74) is 1.86. The van der Waals surface area contributed by atoms with Gasteiger partial charge in [0.1, 0.15) is 5.52 Å². The van der Waals surface area contributed by atoms with Crippen LogP contribution in [0.1, 0.15) is 38.2 Å². The zero-order valence-corrected chi connectivity index (χ0v) is 17.5. The molecule has 0 radical (unpaired) electrons. The van der Waals surface area contributed by atoms with Crippen molar-refractivity contribution in [1.82, 2.24) is 24.4 Å². The number of unbranched alkanes of at least 4 members (excludes halogenated alkanes) is 2. The summed E-state index contributed by atoms with van der Waals surface area (Å²) in [6.07, 6.45) is 5.48. The van der Waals surface area contributed by atoms with Crippen LogP contribution in [0, 0.1) is 0 Å². The number of aromatic amines is 2. The fraction of sp³-hybridized carbons (Fsp3) is 0.381. The number of hydrogen-bond donors (Lipinski definition) is 3. The van der Waals surface area contributed by atoms with Crippen LogP contribution in [0.25, 0.3) is 11.2 Å². The first-order valence-electron chi connectivity index (χ1n) is 10.3. The van der Waals surface area contributed by atoms with E-state index in [0.717, 1.165) is 24.8 Å². The maximum absolute atomic E-state index is 12.2. The van der Waals surface area contributed by atoms with Gasteiger partial charge in [0.05, 0.1) is 6.33 Å². The second-order valence-electron chi connectivity index (χ2n) is 7.11. The van der Waals surface area contributed by atoms with E-state index in [4.69, 9.17) is 0 Å². The minimum absolute atomic E-state index is 0.286. The van der Waals surface area contributed by atoms with Crippen molar-refractivity contribution in [3.05, 3.63) is 58.2 Å². The van der Waals surface area contributed by atoms with E-state index in [1.54, 1.807) is 6.21 Å². The Morgan fingerprint density at radius 1 is 1.29 bits per heavy atom. The number of imidazole rings is 1. The molecule has 0 saturated heterocycles. The number of amides is 1. The molecule has 0 aliphatic heterocycles. The molecule has 10 nitrogen and oxygen atoms in total. The Balaban J connectivity index is 1.72. The van der Waals surface area contributed by atoms with Gasteiger partial charge in [0.2, 0.25) is 5.62 Å². The Bertz CT molecular complexity index is 1140. The lowest BCUT2D eigenvalue weighted by Crippen LogP contribution is -2.31. The van der Waals surface area contributed by atoms with Crippen molar-refractivity contribution in [2.75, 3.05) is 6.54 Å². The second kappa shape index (κ2) is 10.9. The first kappa shape index (κ1) is 22.0. The number of nitrogens with zero attached hydrogens (tertiary/aromatic N) is 5. The molecular weight excluding hydrogens is 398 g/mol. The molecular formula is C21H27N7O3.